The second-order valence-electron chi connectivity index (χ2n) is 4.88. The first-order valence-corrected chi connectivity index (χ1v) is 5.04. The molecule has 84 valence electrons. The summed E-state index contributed by atoms with van der Waals surface area (Å²) < 4.78 is 13.4. The Bertz CT molecular complexity index is 356. The summed E-state index contributed by atoms with van der Waals surface area (Å²) in [4.78, 5) is 8.28. The number of aryl methyl sites for hydroxylation is 1. The van der Waals surface area contributed by atoms with Gasteiger partial charge in [0.1, 0.15) is 5.82 Å². The number of anilines is 1. The molecular formula is C11H18FN3. The molecule has 0 aliphatic rings. The molecule has 0 aromatic carbocycles. The summed E-state index contributed by atoms with van der Waals surface area (Å²) in [6.45, 7) is 7.97. The van der Waals surface area contributed by atoms with Gasteiger partial charge in [0.05, 0.1) is 5.69 Å². The molecule has 1 aromatic rings. The maximum Gasteiger partial charge on any atom is 0.186 e. The van der Waals surface area contributed by atoms with Crippen LogP contribution in [-0.2, 0) is 6.42 Å². The second-order valence-corrected chi connectivity index (χ2v) is 4.88. The van der Waals surface area contributed by atoms with E-state index in [0.717, 1.165) is 6.42 Å². The van der Waals surface area contributed by atoms with Crippen molar-refractivity contribution in [3.63, 3.8) is 0 Å². The average Bonchev–Trinajstić information content (AvgIpc) is 2.08. The minimum Gasteiger partial charge on any atom is -0.371 e. The van der Waals surface area contributed by atoms with Gasteiger partial charge >= 0.3 is 0 Å². The molecule has 1 heterocycles. The third kappa shape index (κ3) is 3.15. The molecule has 1 rings (SSSR count). The summed E-state index contributed by atoms with van der Waals surface area (Å²) in [5.74, 6) is 0.600. The summed E-state index contributed by atoms with van der Waals surface area (Å²) in [5.41, 5.74) is 0.503. The Hall–Kier alpha value is -1.19. The van der Waals surface area contributed by atoms with Crippen molar-refractivity contribution in [3.8, 4) is 0 Å². The van der Waals surface area contributed by atoms with Gasteiger partial charge in [0, 0.05) is 13.5 Å². The van der Waals surface area contributed by atoms with Crippen LogP contribution >= 0.6 is 0 Å². The van der Waals surface area contributed by atoms with Crippen molar-refractivity contribution in [2.24, 2.45) is 5.41 Å². The maximum atomic E-state index is 13.4. The van der Waals surface area contributed by atoms with Crippen LogP contribution in [0, 0.1) is 18.2 Å². The Morgan fingerprint density at radius 2 is 1.87 bits per heavy atom. The molecule has 0 fully saturated rings. The van der Waals surface area contributed by atoms with E-state index in [1.807, 2.05) is 0 Å². The van der Waals surface area contributed by atoms with E-state index in [0.29, 0.717) is 11.5 Å². The first-order chi connectivity index (χ1) is 6.83. The highest BCUT2D eigenvalue weighted by Gasteiger charge is 2.16. The molecule has 0 spiro atoms. The maximum absolute atomic E-state index is 13.4. The molecule has 0 aliphatic heterocycles. The lowest BCUT2D eigenvalue weighted by molar-refractivity contribution is 0.399. The fourth-order valence-corrected chi connectivity index (χ4v) is 1.34. The molecule has 0 atom stereocenters. The molecule has 0 amide bonds. The summed E-state index contributed by atoms with van der Waals surface area (Å²) >= 11 is 0. The van der Waals surface area contributed by atoms with Gasteiger partial charge in [0.25, 0.3) is 0 Å². The van der Waals surface area contributed by atoms with Gasteiger partial charge in [-0.15, -0.1) is 0 Å². The molecule has 0 aliphatic carbocycles. The van der Waals surface area contributed by atoms with E-state index in [9.17, 15) is 4.39 Å². The highest BCUT2D eigenvalue weighted by Crippen LogP contribution is 2.21. The van der Waals surface area contributed by atoms with Gasteiger partial charge in [0.15, 0.2) is 11.6 Å². The van der Waals surface area contributed by atoms with Crippen LogP contribution in [0.3, 0.4) is 0 Å². The van der Waals surface area contributed by atoms with Crippen molar-refractivity contribution in [1.29, 1.82) is 0 Å². The molecule has 0 saturated heterocycles. The minimum absolute atomic E-state index is 0.106. The number of rotatable bonds is 2. The predicted molar refractivity (Wildman–Crippen MR) is 59.4 cm³/mol. The van der Waals surface area contributed by atoms with Gasteiger partial charge in [-0.2, -0.15) is 0 Å². The Balaban J connectivity index is 3.06. The number of aromatic nitrogens is 2. The number of hydrogen-bond donors (Lipinski definition) is 1. The Morgan fingerprint density at radius 1 is 1.27 bits per heavy atom. The lowest BCUT2D eigenvalue weighted by atomic mass is 9.92. The van der Waals surface area contributed by atoms with Crippen LogP contribution in [0.4, 0.5) is 10.2 Å². The monoisotopic (exact) mass is 211 g/mol. The molecule has 4 heteroatoms. The van der Waals surface area contributed by atoms with Crippen molar-refractivity contribution in [1.82, 2.24) is 9.97 Å². The standard InChI is InChI=1S/C11H18FN3/c1-7-9(12)10(13-5)15-8(14-7)6-11(2,3)4/h6H2,1-5H3,(H,13,14,15). The van der Waals surface area contributed by atoms with Gasteiger partial charge in [0.2, 0.25) is 0 Å². The van der Waals surface area contributed by atoms with Gasteiger partial charge in [-0.3, -0.25) is 0 Å². The van der Waals surface area contributed by atoms with Gasteiger partial charge in [-0.1, -0.05) is 20.8 Å². The zero-order valence-corrected chi connectivity index (χ0v) is 9.98. The van der Waals surface area contributed by atoms with Gasteiger partial charge in [-0.25, -0.2) is 14.4 Å². The SMILES string of the molecule is CNc1nc(CC(C)(C)C)nc(C)c1F. The van der Waals surface area contributed by atoms with Crippen LogP contribution < -0.4 is 5.32 Å². The Labute approximate surface area is 90.1 Å². The van der Waals surface area contributed by atoms with E-state index in [1.165, 1.54) is 0 Å². The van der Waals surface area contributed by atoms with Crippen molar-refractivity contribution < 1.29 is 4.39 Å². The van der Waals surface area contributed by atoms with E-state index < -0.39 is 0 Å². The Kier molecular flexibility index (Phi) is 3.27. The predicted octanol–water partition coefficient (Wildman–Crippen LogP) is 2.55. The largest absolute Gasteiger partial charge is 0.371 e. The van der Waals surface area contributed by atoms with E-state index in [4.69, 9.17) is 0 Å². The first-order valence-electron chi connectivity index (χ1n) is 5.04. The highest BCUT2D eigenvalue weighted by molar-refractivity contribution is 5.37. The van der Waals surface area contributed by atoms with Crippen LogP contribution in [-0.4, -0.2) is 17.0 Å². The lowest BCUT2D eigenvalue weighted by Crippen LogP contribution is -2.14. The molecule has 15 heavy (non-hydrogen) atoms. The average molecular weight is 211 g/mol. The van der Waals surface area contributed by atoms with Crippen LogP contribution in [0.1, 0.15) is 32.3 Å². The van der Waals surface area contributed by atoms with E-state index >= 15 is 0 Å². The molecule has 0 radical (unpaired) electrons. The summed E-state index contributed by atoms with van der Waals surface area (Å²) in [6, 6.07) is 0. The van der Waals surface area contributed by atoms with Crippen molar-refractivity contribution in [2.45, 2.75) is 34.1 Å². The zero-order valence-electron chi connectivity index (χ0n) is 9.98. The zero-order chi connectivity index (χ0) is 11.6. The third-order valence-corrected chi connectivity index (χ3v) is 1.99. The van der Waals surface area contributed by atoms with Crippen molar-refractivity contribution in [2.75, 3.05) is 12.4 Å². The second kappa shape index (κ2) is 4.13. The summed E-state index contributed by atoms with van der Waals surface area (Å²) in [6.07, 6.45) is 0.739. The van der Waals surface area contributed by atoms with E-state index in [2.05, 4.69) is 36.1 Å². The molecule has 3 nitrogen and oxygen atoms in total. The molecule has 0 bridgehead atoms. The van der Waals surface area contributed by atoms with Gasteiger partial charge < -0.3 is 5.32 Å². The number of hydrogen-bond acceptors (Lipinski definition) is 3. The van der Waals surface area contributed by atoms with Crippen LogP contribution in [0.25, 0.3) is 0 Å². The highest BCUT2D eigenvalue weighted by atomic mass is 19.1. The third-order valence-electron chi connectivity index (χ3n) is 1.99. The fraction of sp³-hybridized carbons (Fsp3) is 0.636. The topological polar surface area (TPSA) is 37.8 Å². The Morgan fingerprint density at radius 3 is 2.33 bits per heavy atom. The lowest BCUT2D eigenvalue weighted by Gasteiger charge is -2.17. The molecular weight excluding hydrogens is 193 g/mol. The first kappa shape index (κ1) is 11.9. The number of halogens is 1. The van der Waals surface area contributed by atoms with Crippen LogP contribution in [0.2, 0.25) is 0 Å². The summed E-state index contributed by atoms with van der Waals surface area (Å²) in [7, 11) is 1.66. The van der Waals surface area contributed by atoms with Crippen LogP contribution in [0.15, 0.2) is 0 Å². The van der Waals surface area contributed by atoms with E-state index in [-0.39, 0.29) is 17.1 Å². The minimum atomic E-state index is -0.366. The fourth-order valence-electron chi connectivity index (χ4n) is 1.34. The molecule has 0 unspecified atom stereocenters. The van der Waals surface area contributed by atoms with Crippen molar-refractivity contribution in [3.05, 3.63) is 17.3 Å². The van der Waals surface area contributed by atoms with Crippen molar-refractivity contribution >= 4 is 5.82 Å². The van der Waals surface area contributed by atoms with E-state index in [1.54, 1.807) is 14.0 Å². The smallest absolute Gasteiger partial charge is 0.186 e. The normalized spacial score (nSPS) is 11.6. The van der Waals surface area contributed by atoms with Crippen LogP contribution in [0.5, 0.6) is 0 Å². The van der Waals surface area contributed by atoms with Gasteiger partial charge in [-0.05, 0) is 12.3 Å². The molecule has 1 aromatic heterocycles. The summed E-state index contributed by atoms with van der Waals surface area (Å²) in [5, 5.41) is 2.74. The quantitative estimate of drug-likeness (QED) is 0.817. The molecule has 0 saturated carbocycles. The number of nitrogens with zero attached hydrogens (tertiary/aromatic N) is 2. The number of nitrogens with one attached hydrogen (secondary N) is 1. The molecule has 1 N–H and O–H groups in total.